The van der Waals surface area contributed by atoms with Crippen LogP contribution in [0.15, 0.2) is 23.1 Å². The van der Waals surface area contributed by atoms with Crippen molar-refractivity contribution in [2.45, 2.75) is 37.1 Å². The maximum atomic E-state index is 12.9. The summed E-state index contributed by atoms with van der Waals surface area (Å²) in [6.45, 7) is 3.07. The van der Waals surface area contributed by atoms with Gasteiger partial charge >= 0.3 is 0 Å². The predicted molar refractivity (Wildman–Crippen MR) is 81.6 cm³/mol. The Morgan fingerprint density at radius 2 is 2.15 bits per heavy atom. The number of hydrogen-bond acceptors (Lipinski definition) is 3. The molecule has 1 aliphatic rings. The van der Waals surface area contributed by atoms with E-state index >= 15 is 0 Å². The van der Waals surface area contributed by atoms with Gasteiger partial charge in [-0.25, -0.2) is 8.42 Å². The van der Waals surface area contributed by atoms with Crippen molar-refractivity contribution in [1.29, 1.82) is 0 Å². The molecule has 1 atom stereocenters. The molecule has 1 fully saturated rings. The van der Waals surface area contributed by atoms with Gasteiger partial charge in [0.1, 0.15) is 0 Å². The monoisotopic (exact) mass is 316 g/mol. The Balaban J connectivity index is 2.39. The highest BCUT2D eigenvalue weighted by Gasteiger charge is 2.33. The van der Waals surface area contributed by atoms with Crippen molar-refractivity contribution in [2.75, 3.05) is 20.1 Å². The number of benzene rings is 1. The molecule has 0 amide bonds. The fourth-order valence-electron chi connectivity index (χ4n) is 2.71. The zero-order valence-electron chi connectivity index (χ0n) is 11.9. The van der Waals surface area contributed by atoms with Crippen LogP contribution in [-0.2, 0) is 10.0 Å². The van der Waals surface area contributed by atoms with Gasteiger partial charge in [-0.1, -0.05) is 24.1 Å². The average molecular weight is 317 g/mol. The molecule has 0 radical (unpaired) electrons. The highest BCUT2D eigenvalue weighted by Crippen LogP contribution is 2.28. The van der Waals surface area contributed by atoms with Gasteiger partial charge < -0.3 is 5.32 Å². The first kappa shape index (κ1) is 15.8. The van der Waals surface area contributed by atoms with Crippen molar-refractivity contribution in [3.05, 3.63) is 28.8 Å². The van der Waals surface area contributed by atoms with Crippen molar-refractivity contribution < 1.29 is 8.42 Å². The fourth-order valence-corrected chi connectivity index (χ4v) is 4.89. The van der Waals surface area contributed by atoms with E-state index < -0.39 is 10.0 Å². The molecular weight excluding hydrogens is 296 g/mol. The second-order valence-electron chi connectivity index (χ2n) is 5.23. The number of nitrogens with one attached hydrogen (secondary N) is 1. The van der Waals surface area contributed by atoms with Crippen molar-refractivity contribution in [1.82, 2.24) is 9.62 Å². The number of piperidine rings is 1. The van der Waals surface area contributed by atoms with Gasteiger partial charge in [-0.3, -0.25) is 0 Å². The maximum Gasteiger partial charge on any atom is 0.243 e. The smallest absolute Gasteiger partial charge is 0.243 e. The molecule has 0 bridgehead atoms. The minimum Gasteiger partial charge on any atom is -0.318 e. The van der Waals surface area contributed by atoms with E-state index in [1.807, 2.05) is 7.05 Å². The van der Waals surface area contributed by atoms with Crippen molar-refractivity contribution in [3.8, 4) is 0 Å². The van der Waals surface area contributed by atoms with Crippen LogP contribution in [0.3, 0.4) is 0 Å². The van der Waals surface area contributed by atoms with Gasteiger partial charge in [0.25, 0.3) is 0 Å². The number of aryl methyl sites for hydroxylation is 1. The van der Waals surface area contributed by atoms with Gasteiger partial charge in [-0.2, -0.15) is 4.31 Å². The van der Waals surface area contributed by atoms with Gasteiger partial charge in [0.15, 0.2) is 0 Å². The molecule has 1 heterocycles. The van der Waals surface area contributed by atoms with Gasteiger partial charge in [-0.15, -0.1) is 0 Å². The van der Waals surface area contributed by atoms with Crippen LogP contribution in [0.2, 0.25) is 5.02 Å². The van der Waals surface area contributed by atoms with Crippen LogP contribution >= 0.6 is 11.6 Å². The molecule has 1 aliphatic heterocycles. The summed E-state index contributed by atoms with van der Waals surface area (Å²) in [5.74, 6) is 0. The summed E-state index contributed by atoms with van der Waals surface area (Å²) < 4.78 is 27.4. The zero-order valence-corrected chi connectivity index (χ0v) is 13.5. The van der Waals surface area contributed by atoms with Crippen LogP contribution in [0.25, 0.3) is 0 Å². The maximum absolute atomic E-state index is 12.9. The lowest BCUT2D eigenvalue weighted by molar-refractivity contribution is 0.249. The lowest BCUT2D eigenvalue weighted by Crippen LogP contribution is -2.48. The van der Waals surface area contributed by atoms with E-state index in [1.165, 1.54) is 0 Å². The normalized spacial score (nSPS) is 21.1. The Labute approximate surface area is 126 Å². The Morgan fingerprint density at radius 3 is 2.85 bits per heavy atom. The fraction of sp³-hybridized carbons (Fsp3) is 0.571. The Hall–Kier alpha value is -0.620. The first-order valence-electron chi connectivity index (χ1n) is 6.89. The van der Waals surface area contributed by atoms with Crippen molar-refractivity contribution in [2.24, 2.45) is 0 Å². The molecule has 2 rings (SSSR count). The van der Waals surface area contributed by atoms with E-state index in [9.17, 15) is 8.42 Å². The third-order valence-corrected chi connectivity index (χ3v) is 6.08. The molecule has 20 heavy (non-hydrogen) atoms. The largest absolute Gasteiger partial charge is 0.318 e. The molecule has 1 aromatic rings. The topological polar surface area (TPSA) is 49.4 Å². The molecule has 6 heteroatoms. The first-order chi connectivity index (χ1) is 9.46. The molecule has 112 valence electrons. The molecule has 0 aliphatic carbocycles. The number of hydrogen-bond donors (Lipinski definition) is 1. The number of nitrogens with zero attached hydrogens (tertiary/aromatic N) is 1. The van der Waals surface area contributed by atoms with E-state index in [0.29, 0.717) is 23.0 Å². The summed E-state index contributed by atoms with van der Waals surface area (Å²) in [5, 5.41) is 3.54. The van der Waals surface area contributed by atoms with Gasteiger partial charge in [0.05, 0.1) is 4.90 Å². The highest BCUT2D eigenvalue weighted by molar-refractivity contribution is 7.89. The molecule has 1 saturated heterocycles. The van der Waals surface area contributed by atoms with Crippen molar-refractivity contribution in [3.63, 3.8) is 0 Å². The Bertz CT molecular complexity index is 573. The minimum absolute atomic E-state index is 0.0251. The van der Waals surface area contributed by atoms with Gasteiger partial charge in [-0.05, 0) is 44.5 Å². The summed E-state index contributed by atoms with van der Waals surface area (Å²) in [6.07, 6.45) is 2.89. The minimum atomic E-state index is -3.48. The second kappa shape index (κ2) is 6.43. The van der Waals surface area contributed by atoms with Crippen LogP contribution in [-0.4, -0.2) is 38.9 Å². The van der Waals surface area contributed by atoms with Crippen LogP contribution in [0.5, 0.6) is 0 Å². The quantitative estimate of drug-likeness (QED) is 0.928. The molecule has 1 N–H and O–H groups in total. The van der Waals surface area contributed by atoms with E-state index in [-0.39, 0.29) is 6.04 Å². The second-order valence-corrected chi connectivity index (χ2v) is 7.53. The van der Waals surface area contributed by atoms with Crippen LogP contribution in [0, 0.1) is 6.92 Å². The van der Waals surface area contributed by atoms with Crippen LogP contribution in [0.1, 0.15) is 24.8 Å². The van der Waals surface area contributed by atoms with E-state index in [2.05, 4.69) is 5.32 Å². The summed E-state index contributed by atoms with van der Waals surface area (Å²) in [5.41, 5.74) is 0.739. The van der Waals surface area contributed by atoms with E-state index in [4.69, 9.17) is 11.6 Å². The van der Waals surface area contributed by atoms with E-state index in [1.54, 1.807) is 29.4 Å². The molecule has 1 unspecified atom stereocenters. The number of halogens is 1. The molecule has 4 nitrogen and oxygen atoms in total. The van der Waals surface area contributed by atoms with Gasteiger partial charge in [0, 0.05) is 24.2 Å². The molecule has 0 spiro atoms. The van der Waals surface area contributed by atoms with Crippen LogP contribution < -0.4 is 5.32 Å². The SMILES string of the molecule is CNCC1CCCCN1S(=O)(=O)c1cc(Cl)ccc1C. The van der Waals surface area contributed by atoms with Crippen molar-refractivity contribution >= 4 is 21.6 Å². The molecular formula is C14H21ClN2O2S. The van der Waals surface area contributed by atoms with E-state index in [0.717, 1.165) is 24.8 Å². The Morgan fingerprint density at radius 1 is 1.40 bits per heavy atom. The standard InChI is InChI=1S/C14H21ClN2O2S/c1-11-6-7-12(15)9-14(11)20(18,19)17-8-4-3-5-13(17)10-16-2/h6-7,9,13,16H,3-5,8,10H2,1-2H3. The zero-order chi connectivity index (χ0) is 14.8. The lowest BCUT2D eigenvalue weighted by Gasteiger charge is -2.35. The molecule has 0 aromatic heterocycles. The Kier molecular flexibility index (Phi) is 5.07. The number of likely N-dealkylation sites (N-methyl/N-ethyl adjacent to an activating group) is 1. The molecule has 0 saturated carbocycles. The first-order valence-corrected chi connectivity index (χ1v) is 8.71. The summed E-state index contributed by atoms with van der Waals surface area (Å²) in [7, 11) is -1.63. The number of rotatable bonds is 4. The third kappa shape index (κ3) is 3.17. The summed E-state index contributed by atoms with van der Waals surface area (Å²) >= 11 is 5.96. The summed E-state index contributed by atoms with van der Waals surface area (Å²) in [4.78, 5) is 0.327. The highest BCUT2D eigenvalue weighted by atomic mass is 35.5. The van der Waals surface area contributed by atoms with Gasteiger partial charge in [0.2, 0.25) is 10.0 Å². The molecule has 1 aromatic carbocycles. The lowest BCUT2D eigenvalue weighted by atomic mass is 10.1. The van der Waals surface area contributed by atoms with Crippen LogP contribution in [0.4, 0.5) is 0 Å². The summed E-state index contributed by atoms with van der Waals surface area (Å²) in [6, 6.07) is 5.05. The number of sulfonamides is 1. The third-order valence-electron chi connectivity index (χ3n) is 3.75. The predicted octanol–water partition coefficient (Wildman–Crippen LogP) is 2.41. The average Bonchev–Trinajstić information content (AvgIpc) is 2.42.